The zero-order valence-corrected chi connectivity index (χ0v) is 9.08. The molecule has 0 spiro atoms. The molecular formula is C11H18O3. The Morgan fingerprint density at radius 2 is 2.00 bits per heavy atom. The Balaban J connectivity index is 2.32. The van der Waals surface area contributed by atoms with Crippen molar-refractivity contribution in [1.29, 1.82) is 0 Å². The first-order valence-corrected chi connectivity index (χ1v) is 4.97. The van der Waals surface area contributed by atoms with Gasteiger partial charge in [0, 0.05) is 12.3 Å². The van der Waals surface area contributed by atoms with Crippen molar-refractivity contribution in [3.8, 4) is 0 Å². The molecule has 0 aromatic rings. The van der Waals surface area contributed by atoms with Crippen molar-refractivity contribution in [2.45, 2.75) is 33.0 Å². The van der Waals surface area contributed by atoms with Crippen molar-refractivity contribution in [2.24, 2.45) is 5.92 Å². The fraction of sp³-hybridized carbons (Fsp3) is 0.727. The predicted molar refractivity (Wildman–Crippen MR) is 53.9 cm³/mol. The smallest absolute Gasteiger partial charge is 0.162 e. The Labute approximate surface area is 85.1 Å². The number of hydrogen-bond donors (Lipinski definition) is 0. The van der Waals surface area contributed by atoms with Crippen molar-refractivity contribution >= 4 is 5.78 Å². The molecule has 0 saturated carbocycles. The summed E-state index contributed by atoms with van der Waals surface area (Å²) in [6.45, 7) is 6.83. The van der Waals surface area contributed by atoms with Crippen molar-refractivity contribution in [3.63, 3.8) is 0 Å². The monoisotopic (exact) mass is 198 g/mol. The van der Waals surface area contributed by atoms with Crippen LogP contribution in [-0.4, -0.2) is 24.8 Å². The van der Waals surface area contributed by atoms with Gasteiger partial charge in [-0.25, -0.2) is 0 Å². The van der Waals surface area contributed by atoms with Crippen molar-refractivity contribution in [3.05, 3.63) is 12.2 Å². The van der Waals surface area contributed by atoms with E-state index in [9.17, 15) is 4.79 Å². The molecule has 0 aliphatic carbocycles. The van der Waals surface area contributed by atoms with Crippen LogP contribution in [0.5, 0.6) is 0 Å². The first kappa shape index (κ1) is 11.4. The minimum absolute atomic E-state index is 0.143. The lowest BCUT2D eigenvalue weighted by Crippen LogP contribution is -2.39. The average Bonchev–Trinajstić information content (AvgIpc) is 2.09. The highest BCUT2D eigenvalue weighted by atomic mass is 16.7. The van der Waals surface area contributed by atoms with Crippen LogP contribution in [0.4, 0.5) is 0 Å². The highest BCUT2D eigenvalue weighted by Crippen LogP contribution is 2.22. The lowest BCUT2D eigenvalue weighted by molar-refractivity contribution is -0.262. The number of ketones is 1. The molecule has 3 nitrogen and oxygen atoms in total. The molecule has 0 aromatic heterocycles. The fourth-order valence-electron chi connectivity index (χ4n) is 1.38. The summed E-state index contributed by atoms with van der Waals surface area (Å²) in [5.74, 6) is -0.142. The van der Waals surface area contributed by atoms with Gasteiger partial charge in [0.25, 0.3) is 0 Å². The average molecular weight is 198 g/mol. The summed E-state index contributed by atoms with van der Waals surface area (Å²) >= 11 is 0. The lowest BCUT2D eigenvalue weighted by atomic mass is 10.0. The molecule has 1 rings (SSSR count). The Morgan fingerprint density at radius 1 is 1.43 bits per heavy atom. The SMILES string of the molecule is C/C=C/C(=O)CC1COC(C)(C)OC1. The van der Waals surface area contributed by atoms with E-state index in [0.717, 1.165) is 0 Å². The van der Waals surface area contributed by atoms with Crippen LogP contribution >= 0.6 is 0 Å². The topological polar surface area (TPSA) is 35.5 Å². The number of rotatable bonds is 3. The second-order valence-corrected chi connectivity index (χ2v) is 4.06. The van der Waals surface area contributed by atoms with E-state index < -0.39 is 5.79 Å². The number of hydrogen-bond acceptors (Lipinski definition) is 3. The zero-order valence-electron chi connectivity index (χ0n) is 9.08. The molecule has 1 saturated heterocycles. The van der Waals surface area contributed by atoms with E-state index in [1.54, 1.807) is 12.2 Å². The first-order chi connectivity index (χ1) is 6.53. The molecule has 1 aliphatic rings. The molecule has 0 radical (unpaired) electrons. The second kappa shape index (κ2) is 4.71. The molecule has 3 heteroatoms. The molecule has 0 N–H and O–H groups in total. The Bertz CT molecular complexity index is 221. The minimum atomic E-state index is -0.486. The lowest BCUT2D eigenvalue weighted by Gasteiger charge is -2.34. The highest BCUT2D eigenvalue weighted by molar-refractivity contribution is 5.89. The third kappa shape index (κ3) is 3.60. The molecule has 0 unspecified atom stereocenters. The maximum absolute atomic E-state index is 11.3. The Kier molecular flexibility index (Phi) is 3.84. The molecule has 1 aliphatic heterocycles. The molecule has 1 fully saturated rings. The van der Waals surface area contributed by atoms with Gasteiger partial charge in [-0.2, -0.15) is 0 Å². The van der Waals surface area contributed by atoms with Crippen LogP contribution in [0.25, 0.3) is 0 Å². The summed E-state index contributed by atoms with van der Waals surface area (Å²) in [6.07, 6.45) is 3.87. The van der Waals surface area contributed by atoms with Crippen LogP contribution in [-0.2, 0) is 14.3 Å². The van der Waals surface area contributed by atoms with Crippen LogP contribution in [0.2, 0.25) is 0 Å². The van der Waals surface area contributed by atoms with E-state index in [0.29, 0.717) is 19.6 Å². The molecule has 0 bridgehead atoms. The normalized spacial score (nSPS) is 22.8. The van der Waals surface area contributed by atoms with Gasteiger partial charge >= 0.3 is 0 Å². The quantitative estimate of drug-likeness (QED) is 0.650. The minimum Gasteiger partial charge on any atom is -0.350 e. The molecule has 0 aromatic carbocycles. The number of carbonyl (C=O) groups is 1. The van der Waals surface area contributed by atoms with Crippen LogP contribution < -0.4 is 0 Å². The molecule has 1 heterocycles. The van der Waals surface area contributed by atoms with Crippen molar-refractivity contribution in [1.82, 2.24) is 0 Å². The fourth-order valence-corrected chi connectivity index (χ4v) is 1.38. The summed E-state index contributed by atoms with van der Waals surface area (Å²) < 4.78 is 10.9. The van der Waals surface area contributed by atoms with Gasteiger partial charge < -0.3 is 9.47 Å². The van der Waals surface area contributed by atoms with E-state index in [2.05, 4.69) is 0 Å². The van der Waals surface area contributed by atoms with Crippen molar-refractivity contribution in [2.75, 3.05) is 13.2 Å². The Hall–Kier alpha value is -0.670. The number of carbonyl (C=O) groups excluding carboxylic acids is 1. The third-order valence-corrected chi connectivity index (χ3v) is 2.18. The molecular weight excluding hydrogens is 180 g/mol. The molecule has 80 valence electrons. The second-order valence-electron chi connectivity index (χ2n) is 4.06. The number of allylic oxidation sites excluding steroid dienone is 2. The van der Waals surface area contributed by atoms with Gasteiger partial charge in [0.1, 0.15) is 0 Å². The van der Waals surface area contributed by atoms with Gasteiger partial charge in [-0.1, -0.05) is 6.08 Å². The zero-order chi connectivity index (χ0) is 10.6. The van der Waals surface area contributed by atoms with Crippen molar-refractivity contribution < 1.29 is 14.3 Å². The number of ether oxygens (including phenoxy) is 2. The van der Waals surface area contributed by atoms with Crippen LogP contribution in [0, 0.1) is 5.92 Å². The van der Waals surface area contributed by atoms with E-state index in [4.69, 9.17) is 9.47 Å². The van der Waals surface area contributed by atoms with E-state index in [1.165, 1.54) is 0 Å². The first-order valence-electron chi connectivity index (χ1n) is 4.97. The highest BCUT2D eigenvalue weighted by Gasteiger charge is 2.28. The summed E-state index contributed by atoms with van der Waals surface area (Å²) in [5, 5.41) is 0. The Morgan fingerprint density at radius 3 is 2.50 bits per heavy atom. The molecule has 0 amide bonds. The summed E-state index contributed by atoms with van der Waals surface area (Å²) in [6, 6.07) is 0. The van der Waals surface area contributed by atoms with Gasteiger partial charge in [-0.3, -0.25) is 4.79 Å². The maximum atomic E-state index is 11.3. The predicted octanol–water partition coefficient (Wildman–Crippen LogP) is 1.92. The molecule has 14 heavy (non-hydrogen) atoms. The third-order valence-electron chi connectivity index (χ3n) is 2.18. The largest absolute Gasteiger partial charge is 0.350 e. The van der Waals surface area contributed by atoms with Gasteiger partial charge in [0.15, 0.2) is 11.6 Å². The van der Waals surface area contributed by atoms with Gasteiger partial charge in [0.2, 0.25) is 0 Å². The van der Waals surface area contributed by atoms with E-state index in [-0.39, 0.29) is 11.7 Å². The van der Waals surface area contributed by atoms with Gasteiger partial charge in [-0.15, -0.1) is 0 Å². The van der Waals surface area contributed by atoms with E-state index >= 15 is 0 Å². The standard InChI is InChI=1S/C11H18O3/c1-4-5-10(12)6-9-7-13-11(2,3)14-8-9/h4-5,9H,6-8H2,1-3H3/b5-4+. The van der Waals surface area contributed by atoms with Gasteiger partial charge in [-0.05, 0) is 26.8 Å². The maximum Gasteiger partial charge on any atom is 0.162 e. The summed E-state index contributed by atoms with van der Waals surface area (Å²) in [5.41, 5.74) is 0. The summed E-state index contributed by atoms with van der Waals surface area (Å²) in [4.78, 5) is 11.3. The van der Waals surface area contributed by atoms with Gasteiger partial charge in [0.05, 0.1) is 13.2 Å². The van der Waals surface area contributed by atoms with Crippen LogP contribution in [0.3, 0.4) is 0 Å². The van der Waals surface area contributed by atoms with Crippen LogP contribution in [0.15, 0.2) is 12.2 Å². The van der Waals surface area contributed by atoms with Crippen LogP contribution in [0.1, 0.15) is 27.2 Å². The summed E-state index contributed by atoms with van der Waals surface area (Å²) in [7, 11) is 0. The van der Waals surface area contributed by atoms with E-state index in [1.807, 2.05) is 20.8 Å². The molecule has 0 atom stereocenters.